The largest absolute Gasteiger partial charge is 0.508 e. The van der Waals surface area contributed by atoms with Crippen molar-refractivity contribution in [2.75, 3.05) is 0 Å². The van der Waals surface area contributed by atoms with Crippen LogP contribution in [0.4, 0.5) is 18.9 Å². The number of aromatic hydroxyl groups is 1. The molecular weight excluding hydrogens is 203 g/mol. The fourth-order valence-corrected chi connectivity index (χ4v) is 0.911. The van der Waals surface area contributed by atoms with E-state index >= 15 is 0 Å². The van der Waals surface area contributed by atoms with Gasteiger partial charge in [0.2, 0.25) is 0 Å². The van der Waals surface area contributed by atoms with Gasteiger partial charge in [0.05, 0.1) is 11.0 Å². The lowest BCUT2D eigenvalue weighted by Gasteiger charge is -2.06. The molecule has 0 amide bonds. The van der Waals surface area contributed by atoms with E-state index in [0.717, 1.165) is 6.07 Å². The molecule has 0 bridgehead atoms. The van der Waals surface area contributed by atoms with Crippen molar-refractivity contribution < 1.29 is 23.2 Å². The first-order valence-corrected chi connectivity index (χ1v) is 3.37. The van der Waals surface area contributed by atoms with Crippen LogP contribution in [0.5, 0.6) is 5.75 Å². The summed E-state index contributed by atoms with van der Waals surface area (Å²) in [5.74, 6) is -0.579. The highest BCUT2D eigenvalue weighted by atomic mass is 19.4. The van der Waals surface area contributed by atoms with E-state index in [1.54, 1.807) is 0 Å². The highest BCUT2D eigenvalue weighted by Gasteiger charge is 2.38. The van der Waals surface area contributed by atoms with Crippen LogP contribution in [0.3, 0.4) is 0 Å². The van der Waals surface area contributed by atoms with Gasteiger partial charge >= 0.3 is 6.18 Å². The molecule has 1 rings (SSSR count). The molecule has 0 unspecified atom stereocenters. The molecule has 0 fully saturated rings. The number of nitro benzene ring substituents is 1. The maximum Gasteiger partial charge on any atom is 0.423 e. The summed E-state index contributed by atoms with van der Waals surface area (Å²) < 4.78 is 36.5. The Morgan fingerprint density at radius 1 is 1.36 bits per heavy atom. The Morgan fingerprint density at radius 3 is 2.36 bits per heavy atom. The van der Waals surface area contributed by atoms with Crippen molar-refractivity contribution in [3.63, 3.8) is 0 Å². The first-order valence-electron chi connectivity index (χ1n) is 3.37. The fraction of sp³-hybridized carbons (Fsp3) is 0.143. The molecule has 0 saturated heterocycles. The number of phenolic OH excluding ortho intramolecular Hbond substituents is 1. The third-order valence-electron chi connectivity index (χ3n) is 1.48. The summed E-state index contributed by atoms with van der Waals surface area (Å²) in [6.07, 6.45) is -4.80. The number of rotatable bonds is 1. The third kappa shape index (κ3) is 1.93. The van der Waals surface area contributed by atoms with Gasteiger partial charge in [-0.2, -0.15) is 13.2 Å². The Balaban J connectivity index is 3.37. The van der Waals surface area contributed by atoms with E-state index in [-0.39, 0.29) is 0 Å². The van der Waals surface area contributed by atoms with E-state index < -0.39 is 28.1 Å². The predicted octanol–water partition coefficient (Wildman–Crippen LogP) is 2.32. The van der Waals surface area contributed by atoms with E-state index in [0.29, 0.717) is 12.1 Å². The van der Waals surface area contributed by atoms with E-state index in [1.807, 2.05) is 0 Å². The summed E-state index contributed by atoms with van der Waals surface area (Å²) in [4.78, 5) is 9.02. The highest BCUT2D eigenvalue weighted by molar-refractivity contribution is 5.46. The number of hydrogen-bond acceptors (Lipinski definition) is 3. The van der Waals surface area contributed by atoms with Crippen molar-refractivity contribution in [1.29, 1.82) is 0 Å². The zero-order chi connectivity index (χ0) is 10.9. The van der Waals surface area contributed by atoms with Crippen LogP contribution in [0.25, 0.3) is 0 Å². The van der Waals surface area contributed by atoms with Crippen molar-refractivity contribution in [2.24, 2.45) is 0 Å². The normalized spacial score (nSPS) is 11.4. The Hall–Kier alpha value is -1.79. The Kier molecular flexibility index (Phi) is 2.33. The zero-order valence-corrected chi connectivity index (χ0v) is 6.58. The Morgan fingerprint density at radius 2 is 1.93 bits per heavy atom. The first-order chi connectivity index (χ1) is 6.32. The van der Waals surface area contributed by atoms with Crippen LogP contribution < -0.4 is 0 Å². The van der Waals surface area contributed by atoms with Crippen molar-refractivity contribution in [1.82, 2.24) is 0 Å². The van der Waals surface area contributed by atoms with Crippen molar-refractivity contribution in [2.45, 2.75) is 6.18 Å². The molecule has 0 saturated carbocycles. The van der Waals surface area contributed by atoms with Gasteiger partial charge in [0.25, 0.3) is 5.69 Å². The van der Waals surface area contributed by atoms with Gasteiger partial charge < -0.3 is 5.11 Å². The van der Waals surface area contributed by atoms with Crippen molar-refractivity contribution in [3.05, 3.63) is 33.9 Å². The number of alkyl halides is 3. The molecule has 0 atom stereocenters. The molecule has 1 aromatic carbocycles. The van der Waals surface area contributed by atoms with Crippen LogP contribution in [0, 0.1) is 10.1 Å². The summed E-state index contributed by atoms with van der Waals surface area (Å²) in [6.45, 7) is 0. The smallest absolute Gasteiger partial charge is 0.423 e. The molecule has 0 heterocycles. The number of hydrogen-bond donors (Lipinski definition) is 1. The summed E-state index contributed by atoms with van der Waals surface area (Å²) in [5, 5.41) is 19.0. The molecule has 14 heavy (non-hydrogen) atoms. The monoisotopic (exact) mass is 207 g/mol. The summed E-state index contributed by atoms with van der Waals surface area (Å²) >= 11 is 0. The van der Waals surface area contributed by atoms with Gasteiger partial charge in [-0.1, -0.05) is 0 Å². The molecule has 4 nitrogen and oxygen atoms in total. The summed E-state index contributed by atoms with van der Waals surface area (Å²) in [5.41, 5.74) is -2.53. The van der Waals surface area contributed by atoms with Gasteiger partial charge in [-0.3, -0.25) is 10.1 Å². The number of halogens is 3. The van der Waals surface area contributed by atoms with Crippen molar-refractivity contribution in [3.8, 4) is 5.75 Å². The summed E-state index contributed by atoms with van der Waals surface area (Å²) in [7, 11) is 0. The second kappa shape index (κ2) is 3.17. The van der Waals surface area contributed by atoms with E-state index in [4.69, 9.17) is 5.11 Å². The summed E-state index contributed by atoms with van der Waals surface area (Å²) in [6, 6.07) is 1.67. The van der Waals surface area contributed by atoms with E-state index in [1.165, 1.54) is 0 Å². The van der Waals surface area contributed by atoms with Gasteiger partial charge in [0.15, 0.2) is 0 Å². The number of nitro groups is 1. The average Bonchev–Trinajstić information content (AvgIpc) is 2.01. The van der Waals surface area contributed by atoms with Crippen LogP contribution in [-0.4, -0.2) is 10.0 Å². The Labute approximate surface area is 75.7 Å². The molecule has 0 aliphatic carbocycles. The average molecular weight is 207 g/mol. The topological polar surface area (TPSA) is 63.4 Å². The molecule has 0 radical (unpaired) electrons. The first kappa shape index (κ1) is 10.3. The lowest BCUT2D eigenvalue weighted by atomic mass is 10.1. The molecule has 0 aromatic heterocycles. The molecule has 0 spiro atoms. The van der Waals surface area contributed by atoms with Gasteiger partial charge in [-0.15, -0.1) is 0 Å². The van der Waals surface area contributed by atoms with Crippen LogP contribution in [0.1, 0.15) is 5.56 Å². The van der Waals surface area contributed by atoms with Crippen molar-refractivity contribution >= 4 is 5.69 Å². The minimum Gasteiger partial charge on any atom is -0.508 e. The predicted molar refractivity (Wildman–Crippen MR) is 39.8 cm³/mol. The molecule has 0 aliphatic rings. The molecule has 1 N–H and O–H groups in total. The van der Waals surface area contributed by atoms with Gasteiger partial charge in [-0.05, 0) is 12.1 Å². The number of phenols is 1. The SMILES string of the molecule is O=[N+]([O-])c1cc(O)ccc1C(F)(F)F. The van der Waals surface area contributed by atoms with Gasteiger partial charge in [0.1, 0.15) is 11.3 Å². The van der Waals surface area contributed by atoms with E-state index in [2.05, 4.69) is 0 Å². The van der Waals surface area contributed by atoms with Crippen LogP contribution >= 0.6 is 0 Å². The van der Waals surface area contributed by atoms with E-state index in [9.17, 15) is 23.3 Å². The van der Waals surface area contributed by atoms with Crippen LogP contribution in [-0.2, 0) is 6.18 Å². The quantitative estimate of drug-likeness (QED) is 0.567. The minimum absolute atomic E-state index is 0.461. The lowest BCUT2D eigenvalue weighted by Crippen LogP contribution is -2.08. The minimum atomic E-state index is -4.80. The molecule has 1 aromatic rings. The highest BCUT2D eigenvalue weighted by Crippen LogP contribution is 2.37. The maximum atomic E-state index is 12.2. The lowest BCUT2D eigenvalue weighted by molar-refractivity contribution is -0.388. The van der Waals surface area contributed by atoms with Crippen LogP contribution in [0.2, 0.25) is 0 Å². The van der Waals surface area contributed by atoms with Gasteiger partial charge in [-0.25, -0.2) is 0 Å². The maximum absolute atomic E-state index is 12.2. The number of benzene rings is 1. The molecular formula is C7H4F3NO3. The second-order valence-electron chi connectivity index (χ2n) is 2.46. The molecule has 0 aliphatic heterocycles. The third-order valence-corrected chi connectivity index (χ3v) is 1.48. The zero-order valence-electron chi connectivity index (χ0n) is 6.58. The standard InChI is InChI=1S/C7H4F3NO3/c8-7(9,10)5-2-1-4(12)3-6(5)11(13)14/h1-3,12H. The van der Waals surface area contributed by atoms with Gasteiger partial charge in [0, 0.05) is 0 Å². The Bertz CT molecular complexity index is 375. The molecule has 7 heteroatoms. The fourth-order valence-electron chi connectivity index (χ4n) is 0.911. The second-order valence-corrected chi connectivity index (χ2v) is 2.46. The molecule has 76 valence electrons. The van der Waals surface area contributed by atoms with Crippen LogP contribution in [0.15, 0.2) is 18.2 Å². The number of nitrogens with zero attached hydrogens (tertiary/aromatic N) is 1.